The monoisotopic (exact) mass is 442 g/mol. The number of benzene rings is 3. The smallest absolute Gasteiger partial charge is 0.00167 e. The van der Waals surface area contributed by atoms with Gasteiger partial charge in [-0.15, -0.1) is 0 Å². The molecule has 0 bridgehead atoms. The largest absolute Gasteiger partial charge is 0.0622 e. The van der Waals surface area contributed by atoms with Crippen LogP contribution in [-0.2, 0) is 0 Å². The molecule has 1 unspecified atom stereocenters. The Bertz CT molecular complexity index is 754. The van der Waals surface area contributed by atoms with E-state index in [2.05, 4.69) is 120 Å². The van der Waals surface area contributed by atoms with Gasteiger partial charge in [0.2, 0.25) is 0 Å². The molecule has 0 fully saturated rings. The summed E-state index contributed by atoms with van der Waals surface area (Å²) in [6.07, 6.45) is 1.17. The van der Waals surface area contributed by atoms with E-state index in [9.17, 15) is 0 Å². The molecule has 0 aliphatic rings. The lowest BCUT2D eigenvalue weighted by atomic mass is 9.95. The third kappa shape index (κ3) is 3.96. The Kier molecular flexibility index (Phi) is 6.23. The fourth-order valence-electron chi connectivity index (χ4n) is 2.81. The maximum absolute atomic E-state index is 2.65. The Morgan fingerprint density at radius 3 is 1.42 bits per heavy atom. The molecule has 3 aromatic carbocycles. The van der Waals surface area contributed by atoms with Crippen molar-refractivity contribution >= 4 is 38.5 Å². The van der Waals surface area contributed by atoms with Gasteiger partial charge in [0.1, 0.15) is 0 Å². The summed E-state index contributed by atoms with van der Waals surface area (Å²) in [5, 5.41) is 1.48. The highest BCUT2D eigenvalue weighted by molar-refractivity contribution is 14.2. The van der Waals surface area contributed by atoms with E-state index in [4.69, 9.17) is 0 Å². The van der Waals surface area contributed by atoms with Crippen LogP contribution in [0.1, 0.15) is 23.6 Å². The van der Waals surface area contributed by atoms with E-state index >= 15 is 0 Å². The van der Waals surface area contributed by atoms with E-state index in [1.54, 1.807) is 0 Å². The van der Waals surface area contributed by atoms with E-state index < -0.39 is 0 Å². The minimum Gasteiger partial charge on any atom is -0.0622 e. The Labute approximate surface area is 158 Å². The second-order valence-electron chi connectivity index (χ2n) is 5.50. The van der Waals surface area contributed by atoms with Gasteiger partial charge in [-0.3, -0.25) is 0 Å². The first-order valence-corrected chi connectivity index (χ1v) is 12.5. The highest BCUT2D eigenvalue weighted by atomic mass is 127. The molecule has 0 aliphatic heterocycles. The molecule has 0 amide bonds. The van der Waals surface area contributed by atoms with Crippen LogP contribution in [0.4, 0.5) is 0 Å². The number of rotatable bonds is 5. The average molecular weight is 442 g/mol. The molecule has 120 valence electrons. The molecule has 2 heteroatoms. The summed E-state index contributed by atoms with van der Waals surface area (Å²) in [6, 6.07) is 32.4. The van der Waals surface area contributed by atoms with Crippen molar-refractivity contribution < 1.29 is 0 Å². The van der Waals surface area contributed by atoms with E-state index in [1.807, 2.05) is 0 Å². The molecule has 0 aromatic heterocycles. The van der Waals surface area contributed by atoms with Gasteiger partial charge >= 0.3 is 0 Å². The summed E-state index contributed by atoms with van der Waals surface area (Å²) >= 11 is 2.65. The van der Waals surface area contributed by atoms with Crippen LogP contribution in [-0.4, -0.2) is 6.16 Å². The van der Waals surface area contributed by atoms with Crippen molar-refractivity contribution in [3.63, 3.8) is 0 Å². The topological polar surface area (TPSA) is 0 Å². The van der Waals surface area contributed by atoms with Crippen LogP contribution in [0.15, 0.2) is 91.0 Å². The molecule has 0 saturated heterocycles. The zero-order valence-corrected chi connectivity index (χ0v) is 16.7. The summed E-state index contributed by atoms with van der Waals surface area (Å²) < 4.78 is 0. The lowest BCUT2D eigenvalue weighted by Gasteiger charge is -2.21. The molecule has 3 rings (SSSR count). The van der Waals surface area contributed by atoms with Crippen molar-refractivity contribution in [1.29, 1.82) is 0 Å². The van der Waals surface area contributed by atoms with E-state index in [-0.39, 0.29) is 5.56 Å². The van der Waals surface area contributed by atoms with Crippen LogP contribution >= 0.6 is 27.6 Å². The number of hydrogen-bond donors (Lipinski definition) is 0. The van der Waals surface area contributed by atoms with E-state index in [0.717, 1.165) is 0 Å². The highest BCUT2D eigenvalue weighted by Gasteiger charge is 2.19. The molecule has 0 nitrogen and oxygen atoms in total. The second-order valence-corrected chi connectivity index (χ2v) is 10.8. The van der Waals surface area contributed by atoms with Crippen molar-refractivity contribution in [2.75, 3.05) is 6.16 Å². The van der Waals surface area contributed by atoms with Crippen LogP contribution in [0.3, 0.4) is 0 Å². The molecule has 0 spiro atoms. The maximum Gasteiger partial charge on any atom is 0.00167 e. The first-order chi connectivity index (χ1) is 11.8. The predicted molar refractivity (Wildman–Crippen MR) is 117 cm³/mol. The Morgan fingerprint density at radius 1 is 0.667 bits per heavy atom. The van der Waals surface area contributed by atoms with Crippen molar-refractivity contribution in [2.45, 2.75) is 6.92 Å². The zero-order chi connectivity index (χ0) is 16.8. The first-order valence-electron chi connectivity index (χ1n) is 8.15. The van der Waals surface area contributed by atoms with Crippen LogP contribution in [0.2, 0.25) is 0 Å². The molecular formula is C22H20IP. The third-order valence-corrected chi connectivity index (χ3v) is 8.95. The molecule has 3 aromatic rings. The minimum absolute atomic E-state index is 0.255. The van der Waals surface area contributed by atoms with Gasteiger partial charge < -0.3 is 0 Å². The van der Waals surface area contributed by atoms with E-state index in [1.165, 1.54) is 33.7 Å². The summed E-state index contributed by atoms with van der Waals surface area (Å²) in [5.74, 6) is 0. The van der Waals surface area contributed by atoms with E-state index in [0.29, 0.717) is 0 Å². The predicted octanol–water partition coefficient (Wildman–Crippen LogP) is 7.46. The summed E-state index contributed by atoms with van der Waals surface area (Å²) in [5.41, 5.74) is 5.03. The van der Waals surface area contributed by atoms with Gasteiger partial charge in [-0.1, -0.05) is 97.9 Å². The third-order valence-electron chi connectivity index (χ3n) is 3.93. The average Bonchev–Trinajstić information content (AvgIpc) is 2.67. The van der Waals surface area contributed by atoms with Crippen molar-refractivity contribution in [2.24, 2.45) is 0 Å². The fourth-order valence-corrected chi connectivity index (χ4v) is 5.62. The van der Waals surface area contributed by atoms with Gasteiger partial charge in [-0.2, -0.15) is 0 Å². The normalized spacial score (nSPS) is 11.8. The summed E-state index contributed by atoms with van der Waals surface area (Å²) in [7, 11) is 0. The molecule has 0 radical (unpaired) electrons. The zero-order valence-electron chi connectivity index (χ0n) is 13.7. The molecule has 24 heavy (non-hydrogen) atoms. The van der Waals surface area contributed by atoms with Crippen LogP contribution in [0.5, 0.6) is 0 Å². The van der Waals surface area contributed by atoms with Gasteiger partial charge in [0.15, 0.2) is 0 Å². The molecule has 0 heterocycles. The van der Waals surface area contributed by atoms with Crippen molar-refractivity contribution in [1.82, 2.24) is 0 Å². The molecular weight excluding hydrogens is 422 g/mol. The molecule has 0 aliphatic carbocycles. The first kappa shape index (κ1) is 17.4. The molecule has 0 N–H and O–H groups in total. The minimum atomic E-state index is -0.255. The standard InChI is InChI=1S/C22H20IP/c1-2-24(23)22(20-16-10-5-11-17-20)21(18-12-6-3-7-13-18)19-14-8-4-9-15-19/h3-17H,2H2,1H3. The molecule has 1 atom stereocenters. The van der Waals surface area contributed by atoms with Gasteiger partial charge in [-0.05, 0) is 56.0 Å². The van der Waals surface area contributed by atoms with Gasteiger partial charge in [0.25, 0.3) is 0 Å². The highest BCUT2D eigenvalue weighted by Crippen LogP contribution is 2.60. The van der Waals surface area contributed by atoms with Crippen molar-refractivity contribution in [3.8, 4) is 0 Å². The van der Waals surface area contributed by atoms with Crippen LogP contribution in [0.25, 0.3) is 10.9 Å². The Balaban J connectivity index is 2.32. The quantitative estimate of drug-likeness (QED) is 0.219. The maximum atomic E-state index is 2.65. The van der Waals surface area contributed by atoms with Crippen molar-refractivity contribution in [3.05, 3.63) is 108 Å². The Hall–Kier alpha value is -1.44. The fraction of sp³-hybridized carbons (Fsp3) is 0.0909. The SMILES string of the molecule is CCP(I)C(=C(c1ccccc1)c1ccccc1)c1ccccc1. The van der Waals surface area contributed by atoms with Crippen LogP contribution < -0.4 is 0 Å². The molecule has 0 saturated carbocycles. The lowest BCUT2D eigenvalue weighted by molar-refractivity contribution is 1.51. The van der Waals surface area contributed by atoms with Gasteiger partial charge in [0, 0.05) is 5.31 Å². The van der Waals surface area contributed by atoms with Crippen LogP contribution in [0, 0.1) is 0 Å². The second kappa shape index (κ2) is 8.60. The van der Waals surface area contributed by atoms with Gasteiger partial charge in [-0.25, -0.2) is 0 Å². The summed E-state index contributed by atoms with van der Waals surface area (Å²) in [4.78, 5) is 0. The number of hydrogen-bond acceptors (Lipinski definition) is 0. The lowest BCUT2D eigenvalue weighted by Crippen LogP contribution is -1.94. The van der Waals surface area contributed by atoms with Gasteiger partial charge in [0.05, 0.1) is 0 Å². The number of halogens is 1. The Morgan fingerprint density at radius 2 is 1.04 bits per heavy atom. The summed E-state index contributed by atoms with van der Waals surface area (Å²) in [6.45, 7) is 2.29.